The minimum Gasteiger partial charge on any atom is -0.463 e. The highest BCUT2D eigenvalue weighted by Gasteiger charge is 2.29. The van der Waals surface area contributed by atoms with Gasteiger partial charge in [-0.05, 0) is 33.2 Å². The molecule has 0 aromatic heterocycles. The van der Waals surface area contributed by atoms with Crippen molar-refractivity contribution in [1.82, 2.24) is 10.6 Å². The van der Waals surface area contributed by atoms with Crippen LogP contribution in [0.25, 0.3) is 0 Å². The number of carbonyl (C=O) groups is 2. The van der Waals surface area contributed by atoms with Crippen LogP contribution in [0, 0.1) is 16.0 Å². The fraction of sp³-hybridized carbons (Fsp3) is 0.556. The van der Waals surface area contributed by atoms with E-state index in [4.69, 9.17) is 4.74 Å². The van der Waals surface area contributed by atoms with Gasteiger partial charge in [-0.1, -0.05) is 18.2 Å². The average Bonchev–Trinajstić information content (AvgIpc) is 2.61. The number of nitro groups is 1. The quantitative estimate of drug-likeness (QED) is 0.414. The van der Waals surface area contributed by atoms with Crippen LogP contribution < -0.4 is 10.6 Å². The number of carbonyl (C=O) groups excluding carboxylic acids is 2. The molecule has 1 saturated heterocycles. The summed E-state index contributed by atoms with van der Waals surface area (Å²) in [5.41, 5.74) is 0.173. The van der Waals surface area contributed by atoms with E-state index in [1.54, 1.807) is 32.0 Å². The van der Waals surface area contributed by atoms with E-state index in [0.29, 0.717) is 12.1 Å². The topological polar surface area (TPSA) is 111 Å². The summed E-state index contributed by atoms with van der Waals surface area (Å²) < 4.78 is 5.16. The van der Waals surface area contributed by atoms with Crippen LogP contribution in [0.2, 0.25) is 0 Å². The Morgan fingerprint density at radius 1 is 1.37 bits per heavy atom. The van der Waals surface area contributed by atoms with Crippen molar-refractivity contribution in [1.29, 1.82) is 0 Å². The molecule has 0 bridgehead atoms. The molecule has 1 aliphatic heterocycles. The predicted octanol–water partition coefficient (Wildman–Crippen LogP) is 2.52. The van der Waals surface area contributed by atoms with Crippen molar-refractivity contribution in [3.63, 3.8) is 0 Å². The molecule has 2 atom stereocenters. The summed E-state index contributed by atoms with van der Waals surface area (Å²) in [7, 11) is 0. The van der Waals surface area contributed by atoms with E-state index >= 15 is 0 Å². The van der Waals surface area contributed by atoms with Crippen LogP contribution in [0.5, 0.6) is 0 Å². The second-order valence-corrected chi connectivity index (χ2v) is 6.66. The van der Waals surface area contributed by atoms with E-state index in [1.165, 1.54) is 6.07 Å². The van der Waals surface area contributed by atoms with Gasteiger partial charge in [0.2, 0.25) is 5.91 Å². The molecule has 2 unspecified atom stereocenters. The molecule has 9 heteroatoms. The number of hydrogen-bond donors (Lipinski definition) is 2. The number of amides is 1. The van der Waals surface area contributed by atoms with Crippen LogP contribution >= 0.6 is 12.4 Å². The fourth-order valence-electron chi connectivity index (χ4n) is 3.03. The summed E-state index contributed by atoms with van der Waals surface area (Å²) in [5.74, 6) is -0.932. The summed E-state index contributed by atoms with van der Waals surface area (Å²) in [4.78, 5) is 35.5. The SMILES string of the molecule is CC(C)OC(=O)CC(NC(=O)C1CCCNC1)c1ccccc1[N+](=O)[O-].Cl. The van der Waals surface area contributed by atoms with Crippen LogP contribution in [0.1, 0.15) is 44.7 Å². The molecule has 1 amide bonds. The van der Waals surface area contributed by atoms with Gasteiger partial charge in [-0.15, -0.1) is 12.4 Å². The Bertz CT molecular complexity index is 662. The summed E-state index contributed by atoms with van der Waals surface area (Å²) in [6.45, 7) is 4.89. The molecular weight excluding hydrogens is 374 g/mol. The maximum Gasteiger partial charge on any atom is 0.308 e. The number of nitro benzene ring substituents is 1. The molecule has 0 saturated carbocycles. The number of nitrogens with zero attached hydrogens (tertiary/aromatic N) is 1. The summed E-state index contributed by atoms with van der Waals surface area (Å²) in [6, 6.07) is 5.32. The van der Waals surface area contributed by atoms with Crippen molar-refractivity contribution in [3.8, 4) is 0 Å². The van der Waals surface area contributed by atoms with E-state index in [-0.39, 0.29) is 42.4 Å². The molecule has 0 spiro atoms. The second kappa shape index (κ2) is 10.8. The number of para-hydroxylation sites is 1. The van der Waals surface area contributed by atoms with Gasteiger partial charge in [-0.2, -0.15) is 0 Å². The van der Waals surface area contributed by atoms with E-state index in [1.807, 2.05) is 0 Å². The maximum atomic E-state index is 12.6. The molecule has 1 aromatic carbocycles. The lowest BCUT2D eigenvalue weighted by Gasteiger charge is -2.25. The van der Waals surface area contributed by atoms with Crippen molar-refractivity contribution >= 4 is 30.0 Å². The highest BCUT2D eigenvalue weighted by Crippen LogP contribution is 2.28. The number of halogens is 1. The Labute approximate surface area is 164 Å². The molecule has 0 radical (unpaired) electrons. The van der Waals surface area contributed by atoms with Crippen LogP contribution in [-0.4, -0.2) is 36.0 Å². The lowest BCUT2D eigenvalue weighted by atomic mass is 9.96. The smallest absolute Gasteiger partial charge is 0.308 e. The van der Waals surface area contributed by atoms with E-state index in [0.717, 1.165) is 19.4 Å². The highest BCUT2D eigenvalue weighted by molar-refractivity contribution is 5.85. The van der Waals surface area contributed by atoms with Crippen LogP contribution in [0.4, 0.5) is 5.69 Å². The monoisotopic (exact) mass is 399 g/mol. The van der Waals surface area contributed by atoms with Crippen molar-refractivity contribution in [2.24, 2.45) is 5.92 Å². The lowest BCUT2D eigenvalue weighted by molar-refractivity contribution is -0.385. The molecule has 0 aliphatic carbocycles. The number of hydrogen-bond acceptors (Lipinski definition) is 6. The molecular formula is C18H26ClN3O5. The number of rotatable bonds is 7. The Morgan fingerprint density at radius 3 is 2.67 bits per heavy atom. The van der Waals surface area contributed by atoms with Crippen molar-refractivity contribution in [2.45, 2.75) is 45.3 Å². The third kappa shape index (κ3) is 6.80. The first-order chi connectivity index (χ1) is 12.4. The van der Waals surface area contributed by atoms with Crippen LogP contribution in [0.3, 0.4) is 0 Å². The molecule has 1 heterocycles. The Balaban J connectivity index is 0.00000364. The van der Waals surface area contributed by atoms with E-state index in [2.05, 4.69) is 10.6 Å². The third-order valence-electron chi connectivity index (χ3n) is 4.23. The van der Waals surface area contributed by atoms with Gasteiger partial charge in [0.15, 0.2) is 0 Å². The fourth-order valence-corrected chi connectivity index (χ4v) is 3.03. The number of piperidine rings is 1. The minimum absolute atomic E-state index is 0. The Hall–Kier alpha value is -2.19. The summed E-state index contributed by atoms with van der Waals surface area (Å²) in [6.07, 6.45) is 1.18. The van der Waals surface area contributed by atoms with E-state index in [9.17, 15) is 19.7 Å². The molecule has 1 aromatic rings. The van der Waals surface area contributed by atoms with E-state index < -0.39 is 16.9 Å². The standard InChI is InChI=1S/C18H25N3O5.ClH/c1-12(2)26-17(22)10-15(14-7-3-4-8-16(14)21(24)25)20-18(23)13-6-5-9-19-11-13;/h3-4,7-8,12-13,15,19H,5-6,9-11H2,1-2H3,(H,20,23);1H. The first-order valence-corrected chi connectivity index (χ1v) is 8.82. The zero-order valence-corrected chi connectivity index (χ0v) is 16.3. The largest absolute Gasteiger partial charge is 0.463 e. The zero-order chi connectivity index (χ0) is 19.1. The van der Waals surface area contributed by atoms with Gasteiger partial charge in [0.25, 0.3) is 5.69 Å². The normalized spacial score (nSPS) is 17.5. The van der Waals surface area contributed by atoms with Gasteiger partial charge in [0, 0.05) is 12.6 Å². The van der Waals surface area contributed by atoms with Gasteiger partial charge < -0.3 is 15.4 Å². The Morgan fingerprint density at radius 2 is 2.07 bits per heavy atom. The first kappa shape index (κ1) is 22.9. The third-order valence-corrected chi connectivity index (χ3v) is 4.23. The summed E-state index contributed by atoms with van der Waals surface area (Å²) >= 11 is 0. The zero-order valence-electron chi connectivity index (χ0n) is 15.5. The predicted molar refractivity (Wildman–Crippen MR) is 103 cm³/mol. The molecule has 2 N–H and O–H groups in total. The number of esters is 1. The second-order valence-electron chi connectivity index (χ2n) is 6.66. The first-order valence-electron chi connectivity index (χ1n) is 8.82. The summed E-state index contributed by atoms with van der Waals surface area (Å²) in [5, 5.41) is 17.3. The number of nitrogens with one attached hydrogen (secondary N) is 2. The molecule has 27 heavy (non-hydrogen) atoms. The maximum absolute atomic E-state index is 12.6. The molecule has 8 nitrogen and oxygen atoms in total. The Kier molecular flexibility index (Phi) is 9.17. The van der Waals surface area contributed by atoms with Gasteiger partial charge in [-0.3, -0.25) is 19.7 Å². The van der Waals surface area contributed by atoms with Crippen LogP contribution in [0.15, 0.2) is 24.3 Å². The number of ether oxygens (including phenoxy) is 1. The molecule has 2 rings (SSSR count). The molecule has 1 aliphatic rings. The average molecular weight is 400 g/mol. The van der Waals surface area contributed by atoms with Crippen LogP contribution in [-0.2, 0) is 14.3 Å². The van der Waals surface area contributed by atoms with Crippen molar-refractivity contribution in [2.75, 3.05) is 13.1 Å². The lowest BCUT2D eigenvalue weighted by Crippen LogP contribution is -2.42. The molecule has 1 fully saturated rings. The van der Waals surface area contributed by atoms with Gasteiger partial charge in [-0.25, -0.2) is 0 Å². The van der Waals surface area contributed by atoms with Crippen molar-refractivity contribution < 1.29 is 19.2 Å². The highest BCUT2D eigenvalue weighted by atomic mass is 35.5. The van der Waals surface area contributed by atoms with Gasteiger partial charge in [0.05, 0.1) is 35.0 Å². The van der Waals surface area contributed by atoms with Crippen molar-refractivity contribution in [3.05, 3.63) is 39.9 Å². The van der Waals surface area contributed by atoms with Gasteiger partial charge in [0.1, 0.15) is 0 Å². The van der Waals surface area contributed by atoms with Gasteiger partial charge >= 0.3 is 5.97 Å². The minimum atomic E-state index is -0.808. The molecule has 150 valence electrons. The number of benzene rings is 1.